The standard InChI is InChI=1S/C12H8ClF3N2O2/c1-20-11(19)8-9(12(14,15)16)17-18(10(8)13)7-5-3-2-4-6-7/h2-6H,1H3. The van der Waals surface area contributed by atoms with Crippen molar-refractivity contribution in [2.24, 2.45) is 0 Å². The summed E-state index contributed by atoms with van der Waals surface area (Å²) in [5.41, 5.74) is -1.87. The van der Waals surface area contributed by atoms with Crippen LogP contribution >= 0.6 is 11.6 Å². The van der Waals surface area contributed by atoms with Crippen molar-refractivity contribution in [3.63, 3.8) is 0 Å². The van der Waals surface area contributed by atoms with Crippen LogP contribution in [-0.2, 0) is 10.9 Å². The molecule has 20 heavy (non-hydrogen) atoms. The first kappa shape index (κ1) is 14.4. The Morgan fingerprint density at radius 2 is 1.90 bits per heavy atom. The highest BCUT2D eigenvalue weighted by atomic mass is 35.5. The second kappa shape index (κ2) is 5.16. The lowest BCUT2D eigenvalue weighted by Gasteiger charge is -2.04. The fourth-order valence-electron chi connectivity index (χ4n) is 1.62. The van der Waals surface area contributed by atoms with Crippen LogP contribution in [0.25, 0.3) is 5.69 Å². The van der Waals surface area contributed by atoms with E-state index in [1.165, 1.54) is 12.1 Å². The van der Waals surface area contributed by atoms with Gasteiger partial charge < -0.3 is 4.74 Å². The van der Waals surface area contributed by atoms with Crippen molar-refractivity contribution in [2.45, 2.75) is 6.18 Å². The van der Waals surface area contributed by atoms with Crippen LogP contribution in [0.15, 0.2) is 30.3 Å². The molecule has 0 saturated carbocycles. The van der Waals surface area contributed by atoms with Crippen molar-refractivity contribution in [3.05, 3.63) is 46.7 Å². The Morgan fingerprint density at radius 3 is 2.40 bits per heavy atom. The first-order valence-electron chi connectivity index (χ1n) is 5.35. The summed E-state index contributed by atoms with van der Waals surface area (Å²) in [5, 5.41) is 2.93. The molecular formula is C12H8ClF3N2O2. The van der Waals surface area contributed by atoms with Gasteiger partial charge in [-0.15, -0.1) is 0 Å². The molecule has 1 aromatic heterocycles. The number of hydrogen-bond donors (Lipinski definition) is 0. The van der Waals surface area contributed by atoms with Crippen LogP contribution in [0.1, 0.15) is 16.1 Å². The molecule has 0 saturated heterocycles. The van der Waals surface area contributed by atoms with E-state index in [1.54, 1.807) is 18.2 Å². The van der Waals surface area contributed by atoms with Crippen molar-refractivity contribution in [1.29, 1.82) is 0 Å². The third kappa shape index (κ3) is 2.49. The summed E-state index contributed by atoms with van der Waals surface area (Å²) in [4.78, 5) is 11.5. The number of aromatic nitrogens is 2. The Hall–Kier alpha value is -2.02. The van der Waals surface area contributed by atoms with Gasteiger partial charge in [-0.25, -0.2) is 9.48 Å². The largest absolute Gasteiger partial charge is 0.465 e. The van der Waals surface area contributed by atoms with Crippen LogP contribution in [0.2, 0.25) is 5.15 Å². The van der Waals surface area contributed by atoms with E-state index in [4.69, 9.17) is 11.6 Å². The van der Waals surface area contributed by atoms with Crippen LogP contribution in [0.5, 0.6) is 0 Å². The van der Waals surface area contributed by atoms with Crippen LogP contribution in [0.4, 0.5) is 13.2 Å². The van der Waals surface area contributed by atoms with Crippen molar-refractivity contribution < 1.29 is 22.7 Å². The topological polar surface area (TPSA) is 44.1 Å². The van der Waals surface area contributed by atoms with Gasteiger partial charge in [-0.3, -0.25) is 0 Å². The lowest BCUT2D eigenvalue weighted by Crippen LogP contribution is -2.13. The fraction of sp³-hybridized carbons (Fsp3) is 0.167. The number of carbonyl (C=O) groups is 1. The maximum Gasteiger partial charge on any atom is 0.436 e. The quantitative estimate of drug-likeness (QED) is 0.799. The van der Waals surface area contributed by atoms with Gasteiger partial charge in [0.2, 0.25) is 0 Å². The number of hydrogen-bond acceptors (Lipinski definition) is 3. The molecule has 0 atom stereocenters. The van der Waals surface area contributed by atoms with E-state index in [0.717, 1.165) is 11.8 Å². The Balaban J connectivity index is 2.68. The molecule has 0 amide bonds. The van der Waals surface area contributed by atoms with E-state index in [-0.39, 0.29) is 0 Å². The highest BCUT2D eigenvalue weighted by Gasteiger charge is 2.42. The van der Waals surface area contributed by atoms with E-state index < -0.39 is 28.6 Å². The van der Waals surface area contributed by atoms with Crippen LogP contribution in [0, 0.1) is 0 Å². The van der Waals surface area contributed by atoms with Crippen LogP contribution < -0.4 is 0 Å². The highest BCUT2D eigenvalue weighted by Crippen LogP contribution is 2.35. The van der Waals surface area contributed by atoms with Gasteiger partial charge in [-0.1, -0.05) is 29.8 Å². The molecule has 0 aliphatic carbocycles. The van der Waals surface area contributed by atoms with Gasteiger partial charge in [0.1, 0.15) is 10.7 Å². The monoisotopic (exact) mass is 304 g/mol. The molecule has 2 aromatic rings. The number of rotatable bonds is 2. The predicted molar refractivity (Wildman–Crippen MR) is 64.9 cm³/mol. The molecule has 8 heteroatoms. The molecule has 0 fully saturated rings. The number of nitrogens with zero attached hydrogens (tertiary/aromatic N) is 2. The number of esters is 1. The fourth-order valence-corrected chi connectivity index (χ4v) is 1.92. The molecule has 0 aliphatic rings. The highest BCUT2D eigenvalue weighted by molar-refractivity contribution is 6.33. The molecular weight excluding hydrogens is 297 g/mol. The van der Waals surface area contributed by atoms with E-state index in [2.05, 4.69) is 9.84 Å². The lowest BCUT2D eigenvalue weighted by molar-refractivity contribution is -0.141. The maximum absolute atomic E-state index is 12.9. The summed E-state index contributed by atoms with van der Waals surface area (Å²) < 4.78 is 43.9. The zero-order chi connectivity index (χ0) is 14.9. The molecule has 0 unspecified atom stereocenters. The molecule has 0 N–H and O–H groups in total. The van der Waals surface area contributed by atoms with Crippen LogP contribution in [-0.4, -0.2) is 22.9 Å². The summed E-state index contributed by atoms with van der Waals surface area (Å²) in [7, 11) is 0.971. The number of carbonyl (C=O) groups excluding carboxylic acids is 1. The zero-order valence-corrected chi connectivity index (χ0v) is 10.9. The van der Waals surface area contributed by atoms with Gasteiger partial charge in [0.05, 0.1) is 12.8 Å². The molecule has 2 rings (SSSR count). The minimum atomic E-state index is -4.81. The number of halogens is 4. The number of ether oxygens (including phenoxy) is 1. The Morgan fingerprint density at radius 1 is 1.30 bits per heavy atom. The minimum absolute atomic E-state index is 0.304. The normalized spacial score (nSPS) is 11.4. The second-order valence-electron chi connectivity index (χ2n) is 3.75. The molecule has 1 heterocycles. The van der Waals surface area contributed by atoms with Gasteiger partial charge in [0, 0.05) is 0 Å². The molecule has 0 spiro atoms. The van der Waals surface area contributed by atoms with Crippen molar-refractivity contribution in [2.75, 3.05) is 7.11 Å². The molecule has 0 bridgehead atoms. The van der Waals surface area contributed by atoms with E-state index in [9.17, 15) is 18.0 Å². The predicted octanol–water partition coefficient (Wildman–Crippen LogP) is 3.33. The second-order valence-corrected chi connectivity index (χ2v) is 4.11. The molecule has 4 nitrogen and oxygen atoms in total. The third-order valence-electron chi connectivity index (χ3n) is 2.49. The van der Waals surface area contributed by atoms with Crippen molar-refractivity contribution in [1.82, 2.24) is 9.78 Å². The Kier molecular flexibility index (Phi) is 3.71. The average Bonchev–Trinajstić information content (AvgIpc) is 2.76. The molecule has 106 valence electrons. The van der Waals surface area contributed by atoms with Gasteiger partial charge in [-0.05, 0) is 12.1 Å². The van der Waals surface area contributed by atoms with Crippen molar-refractivity contribution >= 4 is 17.6 Å². The smallest absolute Gasteiger partial charge is 0.436 e. The minimum Gasteiger partial charge on any atom is -0.465 e. The third-order valence-corrected chi connectivity index (χ3v) is 2.84. The molecule has 0 radical (unpaired) electrons. The number of para-hydroxylation sites is 1. The average molecular weight is 305 g/mol. The van der Waals surface area contributed by atoms with Crippen molar-refractivity contribution in [3.8, 4) is 5.69 Å². The SMILES string of the molecule is COC(=O)c1c(C(F)(F)F)nn(-c2ccccc2)c1Cl. The summed E-state index contributed by atoms with van der Waals surface area (Å²) >= 11 is 5.84. The number of alkyl halides is 3. The van der Waals surface area contributed by atoms with Gasteiger partial charge in [0.25, 0.3) is 0 Å². The maximum atomic E-state index is 12.9. The summed E-state index contributed by atoms with van der Waals surface area (Å²) in [5.74, 6) is -1.19. The van der Waals surface area contributed by atoms with E-state index >= 15 is 0 Å². The number of benzene rings is 1. The van der Waals surface area contributed by atoms with Crippen LogP contribution in [0.3, 0.4) is 0 Å². The van der Waals surface area contributed by atoms with E-state index in [0.29, 0.717) is 5.69 Å². The zero-order valence-electron chi connectivity index (χ0n) is 10.1. The van der Waals surface area contributed by atoms with Gasteiger partial charge in [-0.2, -0.15) is 18.3 Å². The van der Waals surface area contributed by atoms with Gasteiger partial charge in [0.15, 0.2) is 5.69 Å². The molecule has 0 aliphatic heterocycles. The Bertz CT molecular complexity index is 638. The summed E-state index contributed by atoms with van der Waals surface area (Å²) in [6.07, 6.45) is -4.81. The Labute approximate surface area is 116 Å². The van der Waals surface area contributed by atoms with Gasteiger partial charge >= 0.3 is 12.1 Å². The summed E-state index contributed by atoms with van der Waals surface area (Å²) in [6.45, 7) is 0. The first-order chi connectivity index (χ1) is 9.36. The molecule has 1 aromatic carbocycles. The number of methoxy groups -OCH3 is 1. The first-order valence-corrected chi connectivity index (χ1v) is 5.73. The lowest BCUT2D eigenvalue weighted by atomic mass is 10.2. The summed E-state index contributed by atoms with van der Waals surface area (Å²) in [6, 6.07) is 7.93. The van der Waals surface area contributed by atoms with E-state index in [1.807, 2.05) is 0 Å².